The first-order valence-corrected chi connectivity index (χ1v) is 4.76. The average Bonchev–Trinajstić information content (AvgIpc) is 2.20. The third-order valence-corrected chi connectivity index (χ3v) is 3.49. The fourth-order valence-corrected chi connectivity index (χ4v) is 2.16. The van der Waals surface area contributed by atoms with Crippen molar-refractivity contribution in [1.82, 2.24) is 0 Å². The lowest BCUT2D eigenvalue weighted by molar-refractivity contribution is -0.0419. The lowest BCUT2D eigenvalue weighted by Gasteiger charge is -2.33. The summed E-state index contributed by atoms with van der Waals surface area (Å²) >= 11 is 0. The van der Waals surface area contributed by atoms with Crippen molar-refractivity contribution in [2.45, 2.75) is 32.8 Å². The Bertz CT molecular complexity index is 337. The Balaban J connectivity index is 2.60. The van der Waals surface area contributed by atoms with Gasteiger partial charge in [0.25, 0.3) is 0 Å². The van der Waals surface area contributed by atoms with E-state index in [4.69, 9.17) is 0 Å². The minimum absolute atomic E-state index is 0.0450. The summed E-state index contributed by atoms with van der Waals surface area (Å²) in [7, 11) is 0. The van der Waals surface area contributed by atoms with E-state index < -0.39 is 5.60 Å². The number of benzene rings is 1. The maximum Gasteiger partial charge on any atom is 0.0924 e. The van der Waals surface area contributed by atoms with Crippen molar-refractivity contribution in [2.75, 3.05) is 0 Å². The van der Waals surface area contributed by atoms with Gasteiger partial charge in [-0.15, -0.1) is 0 Å². The molecule has 1 atom stereocenters. The number of fused-ring (bicyclic) bond motifs is 1. The van der Waals surface area contributed by atoms with Crippen LogP contribution in [0.2, 0.25) is 0 Å². The normalized spacial score (nSPS) is 30.2. The van der Waals surface area contributed by atoms with E-state index in [1.54, 1.807) is 0 Å². The molecule has 0 fully saturated rings. The van der Waals surface area contributed by atoms with Gasteiger partial charge in [-0.1, -0.05) is 38.1 Å². The molecule has 70 valence electrons. The zero-order valence-electron chi connectivity index (χ0n) is 8.46. The van der Waals surface area contributed by atoms with Crippen molar-refractivity contribution in [3.05, 3.63) is 35.4 Å². The van der Waals surface area contributed by atoms with E-state index in [1.807, 2.05) is 25.1 Å². The molecule has 1 heteroatoms. The first-order valence-electron chi connectivity index (χ1n) is 4.76. The van der Waals surface area contributed by atoms with Gasteiger partial charge in [0.1, 0.15) is 0 Å². The van der Waals surface area contributed by atoms with Crippen molar-refractivity contribution in [1.29, 1.82) is 0 Å². The summed E-state index contributed by atoms with van der Waals surface area (Å²) in [6.45, 7) is 6.15. The highest BCUT2D eigenvalue weighted by atomic mass is 16.3. The van der Waals surface area contributed by atoms with Crippen LogP contribution in [0.3, 0.4) is 0 Å². The Morgan fingerprint density at radius 1 is 1.15 bits per heavy atom. The van der Waals surface area contributed by atoms with Gasteiger partial charge in [-0.3, -0.25) is 0 Å². The molecule has 13 heavy (non-hydrogen) atoms. The third-order valence-electron chi connectivity index (χ3n) is 3.49. The highest BCUT2D eigenvalue weighted by Gasteiger charge is 2.47. The number of hydrogen-bond donors (Lipinski definition) is 1. The van der Waals surface area contributed by atoms with E-state index in [0.717, 1.165) is 12.0 Å². The smallest absolute Gasteiger partial charge is 0.0924 e. The molecule has 1 N–H and O–H groups in total. The number of hydrogen-bond acceptors (Lipinski definition) is 1. The molecule has 0 spiro atoms. The molecule has 1 aromatic carbocycles. The standard InChI is InChI=1S/C12H16O/c1-11(2)8-9-6-4-5-7-10(9)12(11,3)13/h4-7,13H,8H2,1-3H3/t12-/m1/s1. The van der Waals surface area contributed by atoms with Crippen LogP contribution in [0.5, 0.6) is 0 Å². The molecule has 0 aliphatic heterocycles. The Hall–Kier alpha value is -0.820. The second-order valence-corrected chi connectivity index (χ2v) is 4.79. The number of rotatable bonds is 0. The van der Waals surface area contributed by atoms with Crippen molar-refractivity contribution in [2.24, 2.45) is 5.41 Å². The highest BCUT2D eigenvalue weighted by molar-refractivity contribution is 5.39. The van der Waals surface area contributed by atoms with E-state index in [0.29, 0.717) is 0 Å². The van der Waals surface area contributed by atoms with Crippen LogP contribution in [-0.4, -0.2) is 5.11 Å². The predicted molar refractivity (Wildman–Crippen MR) is 53.5 cm³/mol. The summed E-state index contributed by atoms with van der Waals surface area (Å²) < 4.78 is 0. The molecule has 0 aromatic heterocycles. The summed E-state index contributed by atoms with van der Waals surface area (Å²) in [6.07, 6.45) is 0.968. The molecule has 0 unspecified atom stereocenters. The predicted octanol–water partition coefficient (Wildman–Crippen LogP) is 2.48. The Morgan fingerprint density at radius 2 is 1.77 bits per heavy atom. The molecule has 0 amide bonds. The molecule has 0 bridgehead atoms. The van der Waals surface area contributed by atoms with Crippen LogP contribution in [0, 0.1) is 5.41 Å². The maximum absolute atomic E-state index is 10.4. The quantitative estimate of drug-likeness (QED) is 0.644. The Labute approximate surface area is 79.4 Å². The van der Waals surface area contributed by atoms with Gasteiger partial charge in [-0.2, -0.15) is 0 Å². The van der Waals surface area contributed by atoms with Gasteiger partial charge in [-0.05, 0) is 24.5 Å². The number of aliphatic hydroxyl groups is 1. The lowest BCUT2D eigenvalue weighted by atomic mass is 9.77. The minimum Gasteiger partial charge on any atom is -0.385 e. The van der Waals surface area contributed by atoms with Crippen LogP contribution in [0.15, 0.2) is 24.3 Å². The molecule has 1 aromatic rings. The van der Waals surface area contributed by atoms with Gasteiger partial charge in [-0.25, -0.2) is 0 Å². The summed E-state index contributed by atoms with van der Waals surface area (Å²) in [6, 6.07) is 8.17. The largest absolute Gasteiger partial charge is 0.385 e. The van der Waals surface area contributed by atoms with Crippen LogP contribution in [-0.2, 0) is 12.0 Å². The van der Waals surface area contributed by atoms with Gasteiger partial charge >= 0.3 is 0 Å². The summed E-state index contributed by atoms with van der Waals surface area (Å²) in [5.41, 5.74) is 1.66. The van der Waals surface area contributed by atoms with E-state index in [9.17, 15) is 5.11 Å². The summed E-state index contributed by atoms with van der Waals surface area (Å²) in [5, 5.41) is 10.4. The second-order valence-electron chi connectivity index (χ2n) is 4.79. The molecule has 1 nitrogen and oxygen atoms in total. The average molecular weight is 176 g/mol. The van der Waals surface area contributed by atoms with Gasteiger partial charge in [0, 0.05) is 5.41 Å². The fourth-order valence-electron chi connectivity index (χ4n) is 2.16. The molecule has 0 radical (unpaired) electrons. The SMILES string of the molecule is CC1(C)Cc2ccccc2[C@@]1(C)O. The van der Waals surface area contributed by atoms with Crippen molar-refractivity contribution < 1.29 is 5.11 Å². The Morgan fingerprint density at radius 3 is 2.38 bits per heavy atom. The summed E-state index contributed by atoms with van der Waals surface area (Å²) in [5.74, 6) is 0. The van der Waals surface area contributed by atoms with Crippen molar-refractivity contribution >= 4 is 0 Å². The minimum atomic E-state index is -0.677. The van der Waals surface area contributed by atoms with Crippen LogP contribution in [0.25, 0.3) is 0 Å². The Kier molecular flexibility index (Phi) is 1.59. The monoisotopic (exact) mass is 176 g/mol. The zero-order chi connectivity index (χ0) is 9.69. The fraction of sp³-hybridized carbons (Fsp3) is 0.500. The second kappa shape index (κ2) is 2.36. The van der Waals surface area contributed by atoms with Gasteiger partial charge < -0.3 is 5.11 Å². The van der Waals surface area contributed by atoms with E-state index in [-0.39, 0.29) is 5.41 Å². The molecule has 2 rings (SSSR count). The van der Waals surface area contributed by atoms with Crippen molar-refractivity contribution in [3.8, 4) is 0 Å². The van der Waals surface area contributed by atoms with Crippen LogP contribution >= 0.6 is 0 Å². The van der Waals surface area contributed by atoms with Crippen LogP contribution in [0.4, 0.5) is 0 Å². The zero-order valence-corrected chi connectivity index (χ0v) is 8.46. The van der Waals surface area contributed by atoms with Crippen LogP contribution < -0.4 is 0 Å². The van der Waals surface area contributed by atoms with E-state index in [2.05, 4.69) is 19.9 Å². The highest BCUT2D eigenvalue weighted by Crippen LogP contribution is 2.49. The molecular weight excluding hydrogens is 160 g/mol. The lowest BCUT2D eigenvalue weighted by Crippen LogP contribution is -2.34. The molecule has 0 saturated heterocycles. The van der Waals surface area contributed by atoms with Crippen molar-refractivity contribution in [3.63, 3.8) is 0 Å². The van der Waals surface area contributed by atoms with E-state index >= 15 is 0 Å². The summed E-state index contributed by atoms with van der Waals surface area (Å²) in [4.78, 5) is 0. The van der Waals surface area contributed by atoms with Gasteiger partial charge in [0.15, 0.2) is 0 Å². The topological polar surface area (TPSA) is 20.2 Å². The molecule has 0 heterocycles. The molecule has 1 aliphatic rings. The maximum atomic E-state index is 10.4. The van der Waals surface area contributed by atoms with E-state index in [1.165, 1.54) is 5.56 Å². The first kappa shape index (κ1) is 8.76. The third kappa shape index (κ3) is 1.03. The van der Waals surface area contributed by atoms with Gasteiger partial charge in [0.05, 0.1) is 5.60 Å². The van der Waals surface area contributed by atoms with Crippen LogP contribution in [0.1, 0.15) is 31.9 Å². The first-order chi connectivity index (χ1) is 5.95. The molecule has 1 aliphatic carbocycles. The molecule has 0 saturated carbocycles. The van der Waals surface area contributed by atoms with Gasteiger partial charge in [0.2, 0.25) is 0 Å². The molecular formula is C12H16O.